The summed E-state index contributed by atoms with van der Waals surface area (Å²) in [6.45, 7) is 6.30. The van der Waals surface area contributed by atoms with Crippen LogP contribution >= 0.6 is 11.3 Å². The fourth-order valence-corrected chi connectivity index (χ4v) is 4.84. The number of thiophene rings is 1. The van der Waals surface area contributed by atoms with E-state index in [0.29, 0.717) is 26.9 Å². The third-order valence-electron chi connectivity index (χ3n) is 5.21. The smallest absolute Gasteiger partial charge is 0.262 e. The molecule has 0 saturated heterocycles. The van der Waals surface area contributed by atoms with Gasteiger partial charge in [-0.3, -0.25) is 9.59 Å². The van der Waals surface area contributed by atoms with Crippen LogP contribution in [0.15, 0.2) is 11.1 Å². The van der Waals surface area contributed by atoms with E-state index in [-0.39, 0.29) is 17.5 Å². The van der Waals surface area contributed by atoms with Gasteiger partial charge in [-0.15, -0.1) is 11.3 Å². The number of amides is 1. The molecule has 2 aromatic heterocycles. The van der Waals surface area contributed by atoms with Crippen molar-refractivity contribution in [1.82, 2.24) is 14.9 Å². The van der Waals surface area contributed by atoms with Crippen LogP contribution in [0.2, 0.25) is 0 Å². The minimum atomic E-state index is -0.0921. The number of rotatable bonds is 3. The largest absolute Gasteiger partial charge is 0.348 e. The zero-order valence-electron chi connectivity index (χ0n) is 14.8. The van der Waals surface area contributed by atoms with Crippen LogP contribution in [0.4, 0.5) is 0 Å². The molecule has 2 heterocycles. The lowest BCUT2D eigenvalue weighted by Gasteiger charge is -2.34. The molecule has 6 heteroatoms. The molecule has 0 radical (unpaired) electrons. The first-order valence-corrected chi connectivity index (χ1v) is 9.47. The number of aryl methyl sites for hydroxylation is 2. The summed E-state index contributed by atoms with van der Waals surface area (Å²) in [7, 11) is 1.68. The number of fused-ring (bicyclic) bond motifs is 1. The summed E-state index contributed by atoms with van der Waals surface area (Å²) >= 11 is 1.32. The van der Waals surface area contributed by atoms with Gasteiger partial charge in [-0.2, -0.15) is 0 Å². The molecule has 1 aliphatic carbocycles. The number of carbonyl (C=O) groups excluding carboxylic acids is 1. The minimum absolute atomic E-state index is 0.0601. The van der Waals surface area contributed by atoms with Crippen LogP contribution in [0.25, 0.3) is 10.2 Å². The van der Waals surface area contributed by atoms with Gasteiger partial charge in [0.2, 0.25) is 0 Å². The van der Waals surface area contributed by atoms with E-state index in [1.54, 1.807) is 7.05 Å². The molecular weight excluding hydrogens is 322 g/mol. The zero-order valence-corrected chi connectivity index (χ0v) is 15.6. The van der Waals surface area contributed by atoms with Crippen molar-refractivity contribution >= 4 is 27.5 Å². The van der Waals surface area contributed by atoms with Gasteiger partial charge in [0.05, 0.1) is 16.6 Å². The van der Waals surface area contributed by atoms with Crippen LogP contribution in [0.5, 0.6) is 0 Å². The number of aromatic nitrogens is 2. The van der Waals surface area contributed by atoms with Crippen LogP contribution < -0.4 is 10.9 Å². The highest BCUT2D eigenvalue weighted by atomic mass is 32.1. The third kappa shape index (κ3) is 2.99. The molecular formula is C18H25N3O2S. The Morgan fingerprint density at radius 2 is 2.08 bits per heavy atom. The van der Waals surface area contributed by atoms with Gasteiger partial charge < -0.3 is 9.88 Å². The quantitative estimate of drug-likeness (QED) is 0.927. The molecule has 0 spiro atoms. The first-order chi connectivity index (χ1) is 11.4. The lowest BCUT2D eigenvalue weighted by Crippen LogP contribution is -2.43. The summed E-state index contributed by atoms with van der Waals surface area (Å²) in [5.74, 6) is 1.03. The highest BCUT2D eigenvalue weighted by Crippen LogP contribution is 2.32. The lowest BCUT2D eigenvalue weighted by molar-refractivity contribution is 0.0893. The Balaban J connectivity index is 1.90. The van der Waals surface area contributed by atoms with Crippen LogP contribution in [0.3, 0.4) is 0 Å². The minimum Gasteiger partial charge on any atom is -0.348 e. The Morgan fingerprint density at radius 1 is 1.38 bits per heavy atom. The number of hydrogen-bond acceptors (Lipinski definition) is 4. The molecule has 2 aromatic rings. The summed E-state index contributed by atoms with van der Waals surface area (Å²) in [6, 6.07) is 0.228. The Labute approximate surface area is 146 Å². The summed E-state index contributed by atoms with van der Waals surface area (Å²) < 4.78 is 1.46. The Bertz CT molecular complexity index is 822. The van der Waals surface area contributed by atoms with Gasteiger partial charge in [0.1, 0.15) is 4.83 Å². The summed E-state index contributed by atoms with van der Waals surface area (Å²) in [4.78, 5) is 30.7. The number of nitrogens with one attached hydrogen (secondary N) is 1. The van der Waals surface area contributed by atoms with Gasteiger partial charge in [-0.1, -0.05) is 26.7 Å². The molecule has 0 bridgehead atoms. The predicted octanol–water partition coefficient (Wildman–Crippen LogP) is 3.25. The zero-order chi connectivity index (χ0) is 17.4. The second-order valence-electron chi connectivity index (χ2n) is 7.17. The van der Waals surface area contributed by atoms with Crippen LogP contribution in [0, 0.1) is 18.8 Å². The Hall–Kier alpha value is -1.69. The second-order valence-corrected chi connectivity index (χ2v) is 8.17. The molecule has 0 aromatic carbocycles. The van der Waals surface area contributed by atoms with E-state index in [1.165, 1.54) is 41.5 Å². The van der Waals surface area contributed by atoms with Gasteiger partial charge >= 0.3 is 0 Å². The normalized spacial score (nSPS) is 21.4. The summed E-state index contributed by atoms with van der Waals surface area (Å²) in [6.07, 6.45) is 6.14. The van der Waals surface area contributed by atoms with Crippen molar-refractivity contribution in [2.75, 3.05) is 0 Å². The van der Waals surface area contributed by atoms with Crippen molar-refractivity contribution in [3.63, 3.8) is 0 Å². The lowest BCUT2D eigenvalue weighted by atomic mass is 9.78. The predicted molar refractivity (Wildman–Crippen MR) is 97.6 cm³/mol. The average Bonchev–Trinajstić information content (AvgIpc) is 2.89. The van der Waals surface area contributed by atoms with Gasteiger partial charge in [-0.05, 0) is 37.2 Å². The van der Waals surface area contributed by atoms with Crippen molar-refractivity contribution in [3.05, 3.63) is 27.1 Å². The molecule has 1 amide bonds. The highest BCUT2D eigenvalue weighted by molar-refractivity contribution is 7.20. The molecule has 0 unspecified atom stereocenters. The fourth-order valence-electron chi connectivity index (χ4n) is 3.80. The first-order valence-electron chi connectivity index (χ1n) is 8.65. The van der Waals surface area contributed by atoms with Gasteiger partial charge in [0.25, 0.3) is 11.5 Å². The molecule has 130 valence electrons. The van der Waals surface area contributed by atoms with Crippen LogP contribution in [-0.2, 0) is 7.05 Å². The topological polar surface area (TPSA) is 64.0 Å². The molecule has 24 heavy (non-hydrogen) atoms. The average molecular weight is 347 g/mol. The van der Waals surface area contributed by atoms with Crippen molar-refractivity contribution in [2.24, 2.45) is 18.9 Å². The molecule has 1 saturated carbocycles. The number of carbonyl (C=O) groups is 1. The van der Waals surface area contributed by atoms with Crippen LogP contribution in [-0.4, -0.2) is 21.5 Å². The van der Waals surface area contributed by atoms with E-state index in [0.717, 1.165) is 12.0 Å². The first kappa shape index (κ1) is 17.1. The van der Waals surface area contributed by atoms with Crippen molar-refractivity contribution in [2.45, 2.75) is 52.5 Å². The fraction of sp³-hybridized carbons (Fsp3) is 0.611. The Kier molecular flexibility index (Phi) is 4.76. The van der Waals surface area contributed by atoms with E-state index in [1.807, 2.05) is 6.92 Å². The molecule has 0 aliphatic heterocycles. The van der Waals surface area contributed by atoms with Crippen molar-refractivity contribution in [1.29, 1.82) is 0 Å². The monoisotopic (exact) mass is 347 g/mol. The number of hydrogen-bond donors (Lipinski definition) is 1. The molecule has 1 N–H and O–H groups in total. The second kappa shape index (κ2) is 6.67. The maximum Gasteiger partial charge on any atom is 0.262 e. The molecule has 2 atom stereocenters. The Morgan fingerprint density at radius 3 is 2.79 bits per heavy atom. The summed E-state index contributed by atoms with van der Waals surface area (Å²) in [5, 5.41) is 3.81. The number of nitrogens with zero attached hydrogens (tertiary/aromatic N) is 2. The molecule has 1 aliphatic rings. The molecule has 1 fully saturated rings. The van der Waals surface area contributed by atoms with Crippen molar-refractivity contribution in [3.8, 4) is 0 Å². The standard InChI is InChI=1S/C18H25N3O2S/c1-10(2)12-7-5-6-8-13(12)20-16(22)15-11(3)14-17(24-15)19-9-21(4)18(14)23/h9-10,12-13H,5-8H2,1-4H3,(H,20,22)/t12-,13-/m0/s1. The third-order valence-corrected chi connectivity index (χ3v) is 6.41. The van der Waals surface area contributed by atoms with Crippen LogP contribution in [0.1, 0.15) is 54.8 Å². The van der Waals surface area contributed by atoms with E-state index in [9.17, 15) is 9.59 Å². The SMILES string of the molecule is Cc1c(C(=O)N[C@H]2CCCC[C@H]2C(C)C)sc2ncn(C)c(=O)c12. The summed E-state index contributed by atoms with van der Waals surface area (Å²) in [5.41, 5.74) is 0.656. The van der Waals surface area contributed by atoms with Crippen molar-refractivity contribution < 1.29 is 4.79 Å². The molecule has 5 nitrogen and oxygen atoms in total. The van der Waals surface area contributed by atoms with E-state index >= 15 is 0 Å². The van der Waals surface area contributed by atoms with Gasteiger partial charge in [0.15, 0.2) is 0 Å². The van der Waals surface area contributed by atoms with Gasteiger partial charge in [0, 0.05) is 13.1 Å². The maximum absolute atomic E-state index is 12.8. The maximum atomic E-state index is 12.8. The van der Waals surface area contributed by atoms with E-state index in [2.05, 4.69) is 24.1 Å². The van der Waals surface area contributed by atoms with E-state index < -0.39 is 0 Å². The van der Waals surface area contributed by atoms with E-state index in [4.69, 9.17) is 0 Å². The van der Waals surface area contributed by atoms with Gasteiger partial charge in [-0.25, -0.2) is 4.98 Å². The highest BCUT2D eigenvalue weighted by Gasteiger charge is 2.30. The molecule has 3 rings (SSSR count).